The summed E-state index contributed by atoms with van der Waals surface area (Å²) < 4.78 is 32.5. The molecule has 0 spiro atoms. The summed E-state index contributed by atoms with van der Waals surface area (Å²) in [5.74, 6) is 0. The fraction of sp³-hybridized carbons (Fsp3) is 0.571. The number of anilines is 1. The molecule has 20 heavy (non-hydrogen) atoms. The van der Waals surface area contributed by atoms with Gasteiger partial charge in [-0.25, -0.2) is 8.42 Å². The molecule has 2 rings (SSSR count). The fourth-order valence-corrected chi connectivity index (χ4v) is 4.06. The summed E-state index contributed by atoms with van der Waals surface area (Å²) >= 11 is 0. The van der Waals surface area contributed by atoms with E-state index in [0.29, 0.717) is 30.3 Å². The number of benzene rings is 1. The summed E-state index contributed by atoms with van der Waals surface area (Å²) in [4.78, 5) is 0.349. The van der Waals surface area contributed by atoms with Gasteiger partial charge in [0, 0.05) is 19.1 Å². The van der Waals surface area contributed by atoms with Crippen molar-refractivity contribution in [2.24, 2.45) is 0 Å². The van der Waals surface area contributed by atoms with Crippen molar-refractivity contribution in [1.29, 1.82) is 0 Å². The molecule has 0 aromatic heterocycles. The average Bonchev–Trinajstić information content (AvgIpc) is 2.45. The number of para-hydroxylation sites is 1. The Kier molecular flexibility index (Phi) is 5.01. The lowest BCUT2D eigenvalue weighted by Gasteiger charge is -2.32. The molecular formula is C14H22N2O3S. The molecule has 0 amide bonds. The first-order chi connectivity index (χ1) is 9.57. The summed E-state index contributed by atoms with van der Waals surface area (Å²) in [5, 5.41) is 3.19. The van der Waals surface area contributed by atoms with Crippen LogP contribution in [0.4, 0.5) is 5.69 Å². The molecule has 0 bridgehead atoms. The van der Waals surface area contributed by atoms with E-state index in [1.165, 1.54) is 4.31 Å². The van der Waals surface area contributed by atoms with Crippen molar-refractivity contribution in [3.63, 3.8) is 0 Å². The van der Waals surface area contributed by atoms with Gasteiger partial charge in [-0.3, -0.25) is 0 Å². The zero-order chi connectivity index (χ0) is 14.6. The van der Waals surface area contributed by atoms with Crippen LogP contribution in [-0.4, -0.2) is 45.1 Å². The number of nitrogens with one attached hydrogen (secondary N) is 1. The van der Waals surface area contributed by atoms with Crippen molar-refractivity contribution in [3.05, 3.63) is 24.3 Å². The van der Waals surface area contributed by atoms with Gasteiger partial charge >= 0.3 is 0 Å². The van der Waals surface area contributed by atoms with E-state index in [-0.39, 0.29) is 6.04 Å². The first kappa shape index (κ1) is 15.3. The van der Waals surface area contributed by atoms with Crippen LogP contribution in [0.3, 0.4) is 0 Å². The molecule has 1 heterocycles. The predicted molar refractivity (Wildman–Crippen MR) is 79.4 cm³/mol. The molecule has 1 atom stereocenters. The summed E-state index contributed by atoms with van der Waals surface area (Å²) in [5.41, 5.74) is 0.674. The normalized spacial score (nSPS) is 20.8. The number of rotatable bonds is 5. The Morgan fingerprint density at radius 3 is 2.85 bits per heavy atom. The van der Waals surface area contributed by atoms with Crippen LogP contribution in [0.25, 0.3) is 0 Å². The van der Waals surface area contributed by atoms with Crippen molar-refractivity contribution in [3.8, 4) is 0 Å². The molecule has 6 heteroatoms. The first-order valence-corrected chi connectivity index (χ1v) is 8.44. The molecule has 1 fully saturated rings. The Morgan fingerprint density at radius 1 is 1.40 bits per heavy atom. The average molecular weight is 298 g/mol. The monoisotopic (exact) mass is 298 g/mol. The second-order valence-corrected chi connectivity index (χ2v) is 6.82. The third-order valence-corrected chi connectivity index (χ3v) is 5.42. The molecule has 112 valence electrons. The lowest BCUT2D eigenvalue weighted by Crippen LogP contribution is -2.47. The van der Waals surface area contributed by atoms with E-state index >= 15 is 0 Å². The Bertz CT molecular complexity index is 545. The van der Waals surface area contributed by atoms with Gasteiger partial charge < -0.3 is 10.1 Å². The summed E-state index contributed by atoms with van der Waals surface area (Å²) in [6.07, 6.45) is 0.947. The van der Waals surface area contributed by atoms with E-state index in [1.54, 1.807) is 12.1 Å². The maximum Gasteiger partial charge on any atom is 0.245 e. The molecule has 1 N–H and O–H groups in total. The minimum atomic E-state index is -3.48. The van der Waals surface area contributed by atoms with Crippen molar-refractivity contribution in [2.45, 2.75) is 31.2 Å². The fourth-order valence-electron chi connectivity index (χ4n) is 2.29. The van der Waals surface area contributed by atoms with Crippen LogP contribution in [0.1, 0.15) is 20.3 Å². The van der Waals surface area contributed by atoms with Crippen molar-refractivity contribution in [2.75, 3.05) is 31.6 Å². The van der Waals surface area contributed by atoms with Gasteiger partial charge in [-0.15, -0.1) is 0 Å². The highest BCUT2D eigenvalue weighted by atomic mass is 32.2. The molecule has 1 saturated heterocycles. The summed E-state index contributed by atoms with van der Waals surface area (Å²) in [6, 6.07) is 6.95. The molecule has 0 aliphatic carbocycles. The maximum absolute atomic E-state index is 12.8. The minimum Gasteiger partial charge on any atom is -0.384 e. The van der Waals surface area contributed by atoms with Crippen molar-refractivity contribution in [1.82, 2.24) is 4.31 Å². The Morgan fingerprint density at radius 2 is 2.15 bits per heavy atom. The topological polar surface area (TPSA) is 58.6 Å². The third-order valence-electron chi connectivity index (χ3n) is 3.35. The number of sulfonamides is 1. The molecular weight excluding hydrogens is 276 g/mol. The Balaban J connectivity index is 2.33. The molecule has 0 radical (unpaired) electrons. The quantitative estimate of drug-likeness (QED) is 0.902. The van der Waals surface area contributed by atoms with Gasteiger partial charge in [-0.05, 0) is 25.5 Å². The van der Waals surface area contributed by atoms with Crippen LogP contribution >= 0.6 is 0 Å². The van der Waals surface area contributed by atoms with E-state index in [2.05, 4.69) is 5.32 Å². The molecule has 0 saturated carbocycles. The highest BCUT2D eigenvalue weighted by Gasteiger charge is 2.32. The number of morpholine rings is 1. The van der Waals surface area contributed by atoms with E-state index in [1.807, 2.05) is 26.0 Å². The maximum atomic E-state index is 12.8. The summed E-state index contributed by atoms with van der Waals surface area (Å²) in [7, 11) is -3.48. The number of ether oxygens (including phenoxy) is 1. The van der Waals surface area contributed by atoms with Gasteiger partial charge in [0.25, 0.3) is 0 Å². The SMILES string of the molecule is CCCNc1ccccc1S(=O)(=O)N1CCOCC1C. The molecule has 1 unspecified atom stereocenters. The predicted octanol–water partition coefficient (Wildman–Crippen LogP) is 1.92. The van der Waals surface area contributed by atoms with Crippen molar-refractivity contribution >= 4 is 15.7 Å². The van der Waals surface area contributed by atoms with Crippen LogP contribution in [-0.2, 0) is 14.8 Å². The van der Waals surface area contributed by atoms with Crippen LogP contribution in [0.15, 0.2) is 29.2 Å². The second-order valence-electron chi connectivity index (χ2n) is 4.96. The van der Waals surface area contributed by atoms with Crippen LogP contribution in [0.5, 0.6) is 0 Å². The zero-order valence-corrected chi connectivity index (χ0v) is 12.8. The second kappa shape index (κ2) is 6.56. The minimum absolute atomic E-state index is 0.131. The number of hydrogen-bond acceptors (Lipinski definition) is 4. The van der Waals surface area contributed by atoms with E-state index in [4.69, 9.17) is 4.74 Å². The molecule has 1 aliphatic heterocycles. The van der Waals surface area contributed by atoms with Crippen LogP contribution in [0, 0.1) is 0 Å². The Hall–Kier alpha value is -1.11. The van der Waals surface area contributed by atoms with Gasteiger partial charge in [-0.2, -0.15) is 4.31 Å². The van der Waals surface area contributed by atoms with E-state index in [0.717, 1.165) is 13.0 Å². The van der Waals surface area contributed by atoms with Gasteiger partial charge in [0.15, 0.2) is 0 Å². The van der Waals surface area contributed by atoms with Gasteiger partial charge in [-0.1, -0.05) is 19.1 Å². The molecule has 1 aliphatic rings. The molecule has 1 aromatic carbocycles. The largest absolute Gasteiger partial charge is 0.384 e. The van der Waals surface area contributed by atoms with Gasteiger partial charge in [0.1, 0.15) is 4.90 Å². The number of hydrogen-bond donors (Lipinski definition) is 1. The third kappa shape index (κ3) is 3.13. The summed E-state index contributed by atoms with van der Waals surface area (Å²) in [6.45, 7) is 5.99. The van der Waals surface area contributed by atoms with E-state index < -0.39 is 10.0 Å². The van der Waals surface area contributed by atoms with Gasteiger partial charge in [0.05, 0.1) is 18.9 Å². The highest BCUT2D eigenvalue weighted by Crippen LogP contribution is 2.26. The molecule has 1 aromatic rings. The standard InChI is InChI=1S/C14H22N2O3S/c1-3-8-15-13-6-4-5-7-14(13)20(17,18)16-9-10-19-11-12(16)2/h4-7,12,15H,3,8-11H2,1-2H3. The molecule has 5 nitrogen and oxygen atoms in total. The Labute approximate surface area is 121 Å². The highest BCUT2D eigenvalue weighted by molar-refractivity contribution is 7.89. The van der Waals surface area contributed by atoms with E-state index in [9.17, 15) is 8.42 Å². The zero-order valence-electron chi connectivity index (χ0n) is 12.0. The van der Waals surface area contributed by atoms with Crippen molar-refractivity contribution < 1.29 is 13.2 Å². The van der Waals surface area contributed by atoms with Crippen LogP contribution in [0.2, 0.25) is 0 Å². The smallest absolute Gasteiger partial charge is 0.245 e. The van der Waals surface area contributed by atoms with Crippen LogP contribution < -0.4 is 5.32 Å². The lowest BCUT2D eigenvalue weighted by atomic mass is 10.3. The number of nitrogens with zero attached hydrogens (tertiary/aromatic N) is 1. The first-order valence-electron chi connectivity index (χ1n) is 7.00. The van der Waals surface area contributed by atoms with Gasteiger partial charge in [0.2, 0.25) is 10.0 Å². The lowest BCUT2D eigenvalue weighted by molar-refractivity contribution is 0.0393.